The van der Waals surface area contributed by atoms with Crippen molar-refractivity contribution in [3.05, 3.63) is 22.4 Å². The van der Waals surface area contributed by atoms with Crippen molar-refractivity contribution in [2.75, 3.05) is 20.3 Å². The number of amides is 1. The highest BCUT2D eigenvalue weighted by Gasteiger charge is 2.12. The number of hydrogen-bond acceptors (Lipinski definition) is 3. The summed E-state index contributed by atoms with van der Waals surface area (Å²) in [6.45, 7) is 4.01. The van der Waals surface area contributed by atoms with Gasteiger partial charge in [0.25, 0.3) is 0 Å². The summed E-state index contributed by atoms with van der Waals surface area (Å²) in [6.07, 6.45) is 1.52. The lowest BCUT2D eigenvalue weighted by Gasteiger charge is -2.21. The summed E-state index contributed by atoms with van der Waals surface area (Å²) < 4.78 is 5.03. The first-order chi connectivity index (χ1) is 7.77. The fraction of sp³-hybridized carbons (Fsp3) is 0.583. The van der Waals surface area contributed by atoms with Gasteiger partial charge in [-0.1, -0.05) is 13.0 Å². The molecule has 0 radical (unpaired) electrons. The molecule has 1 aromatic heterocycles. The van der Waals surface area contributed by atoms with E-state index in [9.17, 15) is 4.79 Å². The van der Waals surface area contributed by atoms with E-state index in [0.717, 1.165) is 6.42 Å². The van der Waals surface area contributed by atoms with Gasteiger partial charge in [-0.2, -0.15) is 0 Å². The molecule has 90 valence electrons. The number of hydrogen-bond donors (Lipinski definition) is 0. The van der Waals surface area contributed by atoms with E-state index in [-0.39, 0.29) is 5.91 Å². The number of carbonyl (C=O) groups excluding carboxylic acids is 1. The first-order valence-corrected chi connectivity index (χ1v) is 6.45. The van der Waals surface area contributed by atoms with E-state index < -0.39 is 0 Å². The standard InChI is InChI=1S/C12H19NO2S/c1-3-5-12(14)13(7-8-15-2)10-11-6-4-9-16-11/h4,6,9H,3,5,7-8,10H2,1-2H3. The topological polar surface area (TPSA) is 29.5 Å². The van der Waals surface area contributed by atoms with E-state index in [2.05, 4.69) is 6.07 Å². The summed E-state index contributed by atoms with van der Waals surface area (Å²) >= 11 is 1.69. The molecule has 0 aliphatic carbocycles. The molecule has 0 saturated carbocycles. The average Bonchev–Trinajstić information content (AvgIpc) is 2.77. The van der Waals surface area contributed by atoms with Gasteiger partial charge < -0.3 is 9.64 Å². The molecule has 0 saturated heterocycles. The van der Waals surface area contributed by atoms with Crippen LogP contribution in [0.3, 0.4) is 0 Å². The van der Waals surface area contributed by atoms with Crippen molar-refractivity contribution in [2.24, 2.45) is 0 Å². The lowest BCUT2D eigenvalue weighted by atomic mass is 10.3. The molecule has 4 heteroatoms. The molecule has 0 aliphatic heterocycles. The largest absolute Gasteiger partial charge is 0.383 e. The van der Waals surface area contributed by atoms with Gasteiger partial charge in [0, 0.05) is 25.0 Å². The van der Waals surface area contributed by atoms with Gasteiger partial charge in [0.1, 0.15) is 0 Å². The van der Waals surface area contributed by atoms with Gasteiger partial charge in [-0.05, 0) is 17.9 Å². The third-order valence-electron chi connectivity index (χ3n) is 2.31. The number of ether oxygens (including phenoxy) is 1. The zero-order valence-corrected chi connectivity index (χ0v) is 10.8. The third-order valence-corrected chi connectivity index (χ3v) is 3.17. The second-order valence-electron chi connectivity index (χ2n) is 3.64. The molecule has 0 aliphatic rings. The molecule has 1 aromatic rings. The predicted molar refractivity (Wildman–Crippen MR) is 66.5 cm³/mol. The number of nitrogens with zero attached hydrogens (tertiary/aromatic N) is 1. The smallest absolute Gasteiger partial charge is 0.222 e. The van der Waals surface area contributed by atoms with Crippen LogP contribution in [0.25, 0.3) is 0 Å². The van der Waals surface area contributed by atoms with Crippen LogP contribution in [0.1, 0.15) is 24.6 Å². The van der Waals surface area contributed by atoms with Crippen LogP contribution in [0.5, 0.6) is 0 Å². The van der Waals surface area contributed by atoms with Crippen molar-refractivity contribution in [2.45, 2.75) is 26.3 Å². The van der Waals surface area contributed by atoms with E-state index in [1.165, 1.54) is 4.88 Å². The molecule has 1 heterocycles. The van der Waals surface area contributed by atoms with Crippen molar-refractivity contribution in [3.8, 4) is 0 Å². The Balaban J connectivity index is 2.52. The van der Waals surface area contributed by atoms with Crippen molar-refractivity contribution in [3.63, 3.8) is 0 Å². The lowest BCUT2D eigenvalue weighted by Crippen LogP contribution is -2.32. The van der Waals surface area contributed by atoms with Crippen LogP contribution in [-0.4, -0.2) is 31.1 Å². The Morgan fingerprint density at radius 2 is 2.38 bits per heavy atom. The fourth-order valence-electron chi connectivity index (χ4n) is 1.46. The van der Waals surface area contributed by atoms with Crippen LogP contribution in [0.2, 0.25) is 0 Å². The second kappa shape index (κ2) is 7.41. The highest BCUT2D eigenvalue weighted by atomic mass is 32.1. The summed E-state index contributed by atoms with van der Waals surface area (Å²) in [5, 5.41) is 2.04. The summed E-state index contributed by atoms with van der Waals surface area (Å²) in [7, 11) is 1.66. The molecule has 0 bridgehead atoms. The fourth-order valence-corrected chi connectivity index (χ4v) is 2.18. The Kier molecular flexibility index (Phi) is 6.11. The van der Waals surface area contributed by atoms with Crippen molar-refractivity contribution >= 4 is 17.2 Å². The van der Waals surface area contributed by atoms with Gasteiger partial charge in [-0.3, -0.25) is 4.79 Å². The number of carbonyl (C=O) groups is 1. The predicted octanol–water partition coefficient (Wildman–Crippen LogP) is 2.52. The molecule has 0 spiro atoms. The van der Waals surface area contributed by atoms with Crippen LogP contribution < -0.4 is 0 Å². The summed E-state index contributed by atoms with van der Waals surface area (Å²) in [5.74, 6) is 0.216. The van der Waals surface area contributed by atoms with E-state index in [0.29, 0.717) is 26.1 Å². The molecule has 0 aromatic carbocycles. The molecular formula is C12H19NO2S. The van der Waals surface area contributed by atoms with E-state index in [4.69, 9.17) is 4.74 Å². The van der Waals surface area contributed by atoms with Crippen LogP contribution in [-0.2, 0) is 16.1 Å². The molecule has 0 N–H and O–H groups in total. The Morgan fingerprint density at radius 3 is 2.94 bits per heavy atom. The van der Waals surface area contributed by atoms with Crippen molar-refractivity contribution in [1.82, 2.24) is 4.90 Å². The minimum atomic E-state index is 0.216. The SMILES string of the molecule is CCCC(=O)N(CCOC)Cc1cccs1. The molecule has 0 atom stereocenters. The van der Waals surface area contributed by atoms with Gasteiger partial charge in [-0.25, -0.2) is 0 Å². The molecule has 3 nitrogen and oxygen atoms in total. The third kappa shape index (κ3) is 4.33. The maximum absolute atomic E-state index is 11.9. The van der Waals surface area contributed by atoms with E-state index >= 15 is 0 Å². The Labute approximate surface area is 101 Å². The highest BCUT2D eigenvalue weighted by molar-refractivity contribution is 7.09. The normalized spacial score (nSPS) is 10.4. The van der Waals surface area contributed by atoms with Crippen LogP contribution >= 0.6 is 11.3 Å². The zero-order chi connectivity index (χ0) is 11.8. The quantitative estimate of drug-likeness (QED) is 0.734. The van der Waals surface area contributed by atoms with Crippen molar-refractivity contribution in [1.29, 1.82) is 0 Å². The van der Waals surface area contributed by atoms with Crippen LogP contribution in [0, 0.1) is 0 Å². The summed E-state index contributed by atoms with van der Waals surface area (Å²) in [5.41, 5.74) is 0. The molecule has 0 unspecified atom stereocenters. The Bertz CT molecular complexity index is 298. The summed E-state index contributed by atoms with van der Waals surface area (Å²) in [4.78, 5) is 14.9. The van der Waals surface area contributed by atoms with E-state index in [1.807, 2.05) is 23.3 Å². The van der Waals surface area contributed by atoms with Crippen LogP contribution in [0.4, 0.5) is 0 Å². The molecule has 1 rings (SSSR count). The Morgan fingerprint density at radius 1 is 1.56 bits per heavy atom. The first kappa shape index (κ1) is 13.2. The van der Waals surface area contributed by atoms with Crippen molar-refractivity contribution < 1.29 is 9.53 Å². The zero-order valence-electron chi connectivity index (χ0n) is 9.94. The van der Waals surface area contributed by atoms with Gasteiger partial charge in [-0.15, -0.1) is 11.3 Å². The number of methoxy groups -OCH3 is 1. The first-order valence-electron chi connectivity index (χ1n) is 5.57. The van der Waals surface area contributed by atoms with E-state index in [1.54, 1.807) is 18.4 Å². The minimum absolute atomic E-state index is 0.216. The maximum atomic E-state index is 11.9. The highest BCUT2D eigenvalue weighted by Crippen LogP contribution is 2.12. The minimum Gasteiger partial charge on any atom is -0.383 e. The second-order valence-corrected chi connectivity index (χ2v) is 4.67. The van der Waals surface area contributed by atoms with Crippen LogP contribution in [0.15, 0.2) is 17.5 Å². The monoisotopic (exact) mass is 241 g/mol. The molecule has 1 amide bonds. The van der Waals surface area contributed by atoms with Gasteiger partial charge in [0.2, 0.25) is 5.91 Å². The molecular weight excluding hydrogens is 222 g/mol. The average molecular weight is 241 g/mol. The molecule has 16 heavy (non-hydrogen) atoms. The lowest BCUT2D eigenvalue weighted by molar-refractivity contribution is -0.132. The number of rotatable bonds is 7. The number of thiophene rings is 1. The molecule has 0 fully saturated rings. The Hall–Kier alpha value is -0.870. The maximum Gasteiger partial charge on any atom is 0.222 e. The van der Waals surface area contributed by atoms with Gasteiger partial charge >= 0.3 is 0 Å². The summed E-state index contributed by atoms with van der Waals surface area (Å²) in [6, 6.07) is 4.07. The van der Waals surface area contributed by atoms with Gasteiger partial charge in [0.15, 0.2) is 0 Å². The van der Waals surface area contributed by atoms with Gasteiger partial charge in [0.05, 0.1) is 13.2 Å².